The molecule has 2 heterocycles. The van der Waals surface area contributed by atoms with E-state index in [1.807, 2.05) is 54.9 Å². The lowest BCUT2D eigenvalue weighted by molar-refractivity contribution is -0.671. The first-order valence-corrected chi connectivity index (χ1v) is 10.9. The van der Waals surface area contributed by atoms with Gasteiger partial charge in [0.1, 0.15) is 18.9 Å². The van der Waals surface area contributed by atoms with Gasteiger partial charge in [-0.05, 0) is 31.2 Å². The Morgan fingerprint density at radius 1 is 1.07 bits per heavy atom. The Morgan fingerprint density at radius 3 is 2.57 bits per heavy atom. The number of nitrogens with zero attached hydrogens (tertiary/aromatic N) is 6. The third kappa shape index (κ3) is 4.99. The lowest BCUT2D eigenvalue weighted by atomic mass is 10.2. The van der Waals surface area contributed by atoms with Crippen LogP contribution in [-0.2, 0) is 13.6 Å². The minimum atomic E-state index is 0.660. The van der Waals surface area contributed by atoms with Crippen molar-refractivity contribution >= 4 is 27.8 Å². The van der Waals surface area contributed by atoms with Gasteiger partial charge in [0.2, 0.25) is 11.5 Å². The molecule has 152 valence electrons. The first kappa shape index (κ1) is 20.0. The van der Waals surface area contributed by atoms with E-state index in [1.54, 1.807) is 0 Å². The van der Waals surface area contributed by atoms with Crippen molar-refractivity contribution in [3.63, 3.8) is 0 Å². The topological polar surface area (TPSA) is 49.7 Å². The molecule has 2 aromatic heterocycles. The van der Waals surface area contributed by atoms with Gasteiger partial charge in [-0.2, -0.15) is 0 Å². The van der Waals surface area contributed by atoms with Gasteiger partial charge in [0.25, 0.3) is 0 Å². The molecule has 0 atom stereocenters. The third-order valence-corrected chi connectivity index (χ3v) is 5.59. The van der Waals surface area contributed by atoms with Gasteiger partial charge in [-0.3, -0.25) is 0 Å². The van der Waals surface area contributed by atoms with Gasteiger partial charge in [-0.15, -0.1) is 21.6 Å². The Kier molecular flexibility index (Phi) is 6.29. The summed E-state index contributed by atoms with van der Waals surface area (Å²) in [4.78, 5) is 6.91. The minimum Gasteiger partial charge on any atom is -0.368 e. The van der Waals surface area contributed by atoms with Crippen LogP contribution < -0.4 is 9.47 Å². The van der Waals surface area contributed by atoms with E-state index in [1.165, 1.54) is 17.0 Å². The molecule has 6 nitrogen and oxygen atoms in total. The van der Waals surface area contributed by atoms with Crippen molar-refractivity contribution in [1.29, 1.82) is 0 Å². The molecule has 0 fully saturated rings. The average molecular weight is 418 g/mol. The predicted molar refractivity (Wildman–Crippen MR) is 122 cm³/mol. The van der Waals surface area contributed by atoms with Crippen LogP contribution in [-0.4, -0.2) is 22.6 Å². The van der Waals surface area contributed by atoms with Gasteiger partial charge in [-0.1, -0.05) is 30.3 Å². The van der Waals surface area contributed by atoms with Crippen LogP contribution in [0.2, 0.25) is 0 Å². The molecule has 7 heteroatoms. The summed E-state index contributed by atoms with van der Waals surface area (Å²) < 4.78 is 4.25. The number of benzene rings is 2. The van der Waals surface area contributed by atoms with Gasteiger partial charge in [0.15, 0.2) is 0 Å². The zero-order valence-corrected chi connectivity index (χ0v) is 18.0. The molecule has 0 aliphatic carbocycles. The molecule has 0 spiro atoms. The quantitative estimate of drug-likeness (QED) is 0.285. The zero-order chi connectivity index (χ0) is 20.8. The number of azo groups is 1. The number of aryl methyl sites for hydroxylation is 1. The molecule has 4 aromatic rings. The van der Waals surface area contributed by atoms with E-state index in [2.05, 4.69) is 67.0 Å². The van der Waals surface area contributed by atoms with E-state index < -0.39 is 0 Å². The molecule has 4 rings (SSSR count). The summed E-state index contributed by atoms with van der Waals surface area (Å²) in [5.41, 5.74) is 4.03. The molecule has 0 radical (unpaired) electrons. The fourth-order valence-corrected chi connectivity index (χ4v) is 3.87. The molecular weight excluding hydrogens is 392 g/mol. The minimum absolute atomic E-state index is 0.660. The van der Waals surface area contributed by atoms with Crippen LogP contribution in [0.1, 0.15) is 6.92 Å². The van der Waals surface area contributed by atoms with Gasteiger partial charge in [-0.25, -0.2) is 14.1 Å². The van der Waals surface area contributed by atoms with Crippen LogP contribution >= 0.6 is 11.3 Å². The lowest BCUT2D eigenvalue weighted by Crippen LogP contribution is -2.28. The zero-order valence-electron chi connectivity index (χ0n) is 17.2. The standard InChI is InChI=1S/C23H25N6S/c1-3-29(16-15-28-14-13-27(2)18-28)21-11-9-20(10-12-21)25-26-23-24-22(17-30-23)19-7-5-4-6-8-19/h4-14,17-18H,3,15-16H2,1-2H3/q+1/b26-25+. The number of aromatic nitrogens is 3. The number of hydrogen-bond acceptors (Lipinski definition) is 5. The summed E-state index contributed by atoms with van der Waals surface area (Å²) >= 11 is 1.50. The fourth-order valence-electron chi connectivity index (χ4n) is 3.22. The van der Waals surface area contributed by atoms with E-state index in [-0.39, 0.29) is 0 Å². The highest BCUT2D eigenvalue weighted by Gasteiger charge is 2.08. The Balaban J connectivity index is 1.38. The first-order valence-electron chi connectivity index (χ1n) is 10.00. The van der Waals surface area contributed by atoms with Crippen LogP contribution in [0.3, 0.4) is 0 Å². The summed E-state index contributed by atoms with van der Waals surface area (Å²) in [6.45, 7) is 5.03. The summed E-state index contributed by atoms with van der Waals surface area (Å²) in [6, 6.07) is 18.3. The van der Waals surface area contributed by atoms with Gasteiger partial charge < -0.3 is 4.90 Å². The monoisotopic (exact) mass is 417 g/mol. The number of thiazole rings is 1. The molecule has 30 heavy (non-hydrogen) atoms. The van der Waals surface area contributed by atoms with E-state index in [9.17, 15) is 0 Å². The van der Waals surface area contributed by atoms with Crippen molar-refractivity contribution in [2.45, 2.75) is 13.5 Å². The highest BCUT2D eigenvalue weighted by atomic mass is 32.1. The van der Waals surface area contributed by atoms with E-state index in [0.717, 1.165) is 36.6 Å². The average Bonchev–Trinajstić information content (AvgIpc) is 3.43. The molecule has 2 aromatic carbocycles. The Labute approximate surface area is 180 Å². The maximum absolute atomic E-state index is 4.56. The molecule has 0 aliphatic heterocycles. The number of anilines is 1. The molecule has 0 N–H and O–H groups in total. The molecular formula is C23H25N6S+. The predicted octanol–water partition coefficient (Wildman–Crippen LogP) is 5.38. The third-order valence-electron chi connectivity index (χ3n) is 4.86. The Morgan fingerprint density at radius 2 is 1.87 bits per heavy atom. The van der Waals surface area contributed by atoms with Crippen molar-refractivity contribution in [1.82, 2.24) is 9.55 Å². The second-order valence-electron chi connectivity index (χ2n) is 6.99. The first-order chi connectivity index (χ1) is 14.7. The number of imidazole rings is 1. The van der Waals surface area contributed by atoms with E-state index in [0.29, 0.717) is 5.13 Å². The van der Waals surface area contributed by atoms with Crippen molar-refractivity contribution in [3.8, 4) is 11.3 Å². The van der Waals surface area contributed by atoms with Crippen molar-refractivity contribution < 1.29 is 4.57 Å². The van der Waals surface area contributed by atoms with E-state index in [4.69, 9.17) is 0 Å². The van der Waals surface area contributed by atoms with Crippen molar-refractivity contribution in [3.05, 3.63) is 78.7 Å². The molecule has 0 bridgehead atoms. The second kappa shape index (κ2) is 9.45. The Hall–Kier alpha value is -3.32. The summed E-state index contributed by atoms with van der Waals surface area (Å²) in [5.74, 6) is 0. The summed E-state index contributed by atoms with van der Waals surface area (Å²) in [5, 5.41) is 11.3. The highest BCUT2D eigenvalue weighted by molar-refractivity contribution is 7.13. The normalized spacial score (nSPS) is 11.3. The number of rotatable bonds is 8. The summed E-state index contributed by atoms with van der Waals surface area (Å²) in [7, 11) is 2.04. The van der Waals surface area contributed by atoms with Crippen LogP contribution in [0.4, 0.5) is 16.5 Å². The lowest BCUT2D eigenvalue weighted by Gasteiger charge is -2.22. The van der Waals surface area contributed by atoms with Gasteiger partial charge >= 0.3 is 0 Å². The number of likely N-dealkylation sites (N-methyl/N-ethyl adjacent to an activating group) is 1. The molecule has 0 saturated heterocycles. The second-order valence-corrected chi connectivity index (χ2v) is 7.83. The van der Waals surface area contributed by atoms with Gasteiger partial charge in [0, 0.05) is 23.2 Å². The van der Waals surface area contributed by atoms with Crippen molar-refractivity contribution in [2.24, 2.45) is 17.3 Å². The fraction of sp³-hybridized carbons (Fsp3) is 0.217. The SMILES string of the molecule is CCN(CCn1cc[n+](C)c1)c1ccc(/N=N/c2nc(-c3ccccc3)cs2)cc1. The molecule has 0 amide bonds. The largest absolute Gasteiger partial charge is 0.368 e. The maximum atomic E-state index is 4.56. The molecule has 0 saturated carbocycles. The van der Waals surface area contributed by atoms with E-state index >= 15 is 0 Å². The Bertz CT molecular complexity index is 1100. The number of hydrogen-bond donors (Lipinski definition) is 0. The van der Waals surface area contributed by atoms with Crippen LogP contribution in [0.25, 0.3) is 11.3 Å². The maximum Gasteiger partial charge on any atom is 0.243 e. The van der Waals surface area contributed by atoms with Crippen LogP contribution in [0.15, 0.2) is 88.9 Å². The van der Waals surface area contributed by atoms with Crippen molar-refractivity contribution in [2.75, 3.05) is 18.0 Å². The summed E-state index contributed by atoms with van der Waals surface area (Å²) in [6.07, 6.45) is 6.25. The highest BCUT2D eigenvalue weighted by Crippen LogP contribution is 2.28. The van der Waals surface area contributed by atoms with Gasteiger partial charge in [0.05, 0.1) is 25.0 Å². The van der Waals surface area contributed by atoms with Crippen LogP contribution in [0, 0.1) is 0 Å². The molecule has 0 aliphatic rings. The smallest absolute Gasteiger partial charge is 0.243 e. The molecule has 0 unspecified atom stereocenters. The van der Waals surface area contributed by atoms with Crippen LogP contribution in [0.5, 0.6) is 0 Å².